The number of pyridine rings is 1. The van der Waals surface area contributed by atoms with Crippen LogP contribution in [0.25, 0.3) is 11.1 Å². The molecule has 1 saturated heterocycles. The van der Waals surface area contributed by atoms with Crippen LogP contribution in [0.15, 0.2) is 41.3 Å². The summed E-state index contributed by atoms with van der Waals surface area (Å²) in [4.78, 5) is 44.1. The van der Waals surface area contributed by atoms with Crippen LogP contribution in [0.2, 0.25) is 0 Å². The molecule has 2 N–H and O–H groups in total. The number of rotatable bonds is 8. The van der Waals surface area contributed by atoms with Gasteiger partial charge in [0.05, 0.1) is 24.3 Å². The van der Waals surface area contributed by atoms with E-state index in [-0.39, 0.29) is 36.4 Å². The number of carbonyl (C=O) groups excluding carboxylic acids is 2. The van der Waals surface area contributed by atoms with Crippen molar-refractivity contribution in [2.24, 2.45) is 17.3 Å². The molecule has 234 valence electrons. The fourth-order valence-electron chi connectivity index (χ4n) is 8.09. The number of likely N-dealkylation sites (tertiary alicyclic amines) is 1. The minimum atomic E-state index is -1.17. The molecule has 1 aliphatic heterocycles. The van der Waals surface area contributed by atoms with Gasteiger partial charge in [-0.05, 0) is 48.8 Å². The molecule has 2 unspecified atom stereocenters. The Hall–Kier alpha value is -2.97. The first kappa shape index (κ1) is 31.5. The zero-order chi connectivity index (χ0) is 30.8. The molecule has 1 spiro atoms. The highest BCUT2D eigenvalue weighted by molar-refractivity contribution is 6.00. The molecule has 2 aromatic rings. The SMILES string of the molecule is CC(CC1CCCCC1)C(=O)N1CCC(O)(Cn2cc(C(=O)N(C)C)c(-c3cccc(CO)c3)cc2=O)C2(CCCC2)C1. The Morgan fingerprint density at radius 1 is 1.05 bits per heavy atom. The lowest BCUT2D eigenvalue weighted by Gasteiger charge is -2.53. The van der Waals surface area contributed by atoms with Crippen LogP contribution in [0.3, 0.4) is 0 Å². The number of nitrogens with zero attached hydrogens (tertiary/aromatic N) is 3. The average molecular weight is 592 g/mol. The molecule has 0 radical (unpaired) electrons. The number of aliphatic hydroxyl groups is 2. The van der Waals surface area contributed by atoms with Crippen molar-refractivity contribution in [2.75, 3.05) is 27.2 Å². The van der Waals surface area contributed by atoms with E-state index in [9.17, 15) is 24.6 Å². The lowest BCUT2D eigenvalue weighted by molar-refractivity contribution is -0.163. The topological polar surface area (TPSA) is 103 Å². The number of hydrogen-bond donors (Lipinski definition) is 2. The summed E-state index contributed by atoms with van der Waals surface area (Å²) < 4.78 is 1.50. The summed E-state index contributed by atoms with van der Waals surface area (Å²) in [5.74, 6) is 0.569. The number of aromatic nitrogens is 1. The molecule has 8 heteroatoms. The third kappa shape index (κ3) is 6.46. The fourth-order valence-corrected chi connectivity index (χ4v) is 8.09. The number of amides is 2. The third-order valence-corrected chi connectivity index (χ3v) is 10.6. The van der Waals surface area contributed by atoms with Crippen molar-refractivity contribution >= 4 is 11.8 Å². The van der Waals surface area contributed by atoms with Gasteiger partial charge >= 0.3 is 0 Å². The molecule has 1 aromatic carbocycles. The maximum atomic E-state index is 13.7. The van der Waals surface area contributed by atoms with Crippen molar-refractivity contribution in [3.8, 4) is 11.1 Å². The van der Waals surface area contributed by atoms with E-state index in [1.807, 2.05) is 11.0 Å². The number of benzene rings is 1. The minimum absolute atomic E-state index is 0.0214. The number of carbonyl (C=O) groups is 2. The lowest BCUT2D eigenvalue weighted by Crippen LogP contribution is -2.62. The molecule has 3 aliphatic rings. The highest BCUT2D eigenvalue weighted by atomic mass is 16.3. The summed E-state index contributed by atoms with van der Waals surface area (Å²) in [5.41, 5.74) is 0.301. The number of aliphatic hydroxyl groups excluding tert-OH is 1. The van der Waals surface area contributed by atoms with Gasteiger partial charge in [0.25, 0.3) is 11.5 Å². The van der Waals surface area contributed by atoms with E-state index in [4.69, 9.17) is 0 Å². The summed E-state index contributed by atoms with van der Waals surface area (Å²) in [5, 5.41) is 22.0. The van der Waals surface area contributed by atoms with Gasteiger partial charge in [0, 0.05) is 56.3 Å². The van der Waals surface area contributed by atoms with Gasteiger partial charge in [-0.2, -0.15) is 0 Å². The van der Waals surface area contributed by atoms with E-state index in [0.29, 0.717) is 47.7 Å². The van der Waals surface area contributed by atoms with E-state index in [1.54, 1.807) is 38.5 Å². The molecule has 1 aromatic heterocycles. The van der Waals surface area contributed by atoms with Crippen molar-refractivity contribution in [1.29, 1.82) is 0 Å². The largest absolute Gasteiger partial charge is 0.392 e. The molecule has 2 atom stereocenters. The van der Waals surface area contributed by atoms with Gasteiger partial charge in [-0.3, -0.25) is 14.4 Å². The Bertz CT molecular complexity index is 1370. The Morgan fingerprint density at radius 2 is 1.77 bits per heavy atom. The average Bonchev–Trinajstić information content (AvgIpc) is 3.49. The Morgan fingerprint density at radius 3 is 2.44 bits per heavy atom. The quantitative estimate of drug-likeness (QED) is 0.458. The van der Waals surface area contributed by atoms with Crippen LogP contribution in [0.5, 0.6) is 0 Å². The van der Waals surface area contributed by atoms with Gasteiger partial charge in [0.15, 0.2) is 0 Å². The molecule has 0 bridgehead atoms. The molecule has 2 amide bonds. The van der Waals surface area contributed by atoms with Crippen molar-refractivity contribution in [3.63, 3.8) is 0 Å². The van der Waals surface area contributed by atoms with Gasteiger partial charge in [-0.1, -0.05) is 70.1 Å². The van der Waals surface area contributed by atoms with Crippen LogP contribution in [0, 0.1) is 17.3 Å². The summed E-state index contributed by atoms with van der Waals surface area (Å²) in [6.45, 7) is 2.99. The second kappa shape index (κ2) is 12.9. The first-order valence-electron chi connectivity index (χ1n) is 16.2. The normalized spacial score (nSPS) is 23.0. The van der Waals surface area contributed by atoms with Crippen molar-refractivity contribution < 1.29 is 19.8 Å². The predicted octanol–water partition coefficient (Wildman–Crippen LogP) is 4.84. The van der Waals surface area contributed by atoms with Crippen LogP contribution in [-0.4, -0.2) is 69.2 Å². The van der Waals surface area contributed by atoms with Gasteiger partial charge in [-0.15, -0.1) is 0 Å². The zero-order valence-corrected chi connectivity index (χ0v) is 26.2. The first-order valence-corrected chi connectivity index (χ1v) is 16.2. The number of piperidine rings is 1. The molecule has 43 heavy (non-hydrogen) atoms. The van der Waals surface area contributed by atoms with Crippen LogP contribution >= 0.6 is 0 Å². The Labute approximate surface area is 255 Å². The second-order valence-corrected chi connectivity index (χ2v) is 13.8. The number of hydrogen-bond acceptors (Lipinski definition) is 5. The van der Waals surface area contributed by atoms with E-state index in [0.717, 1.165) is 32.1 Å². The van der Waals surface area contributed by atoms with Crippen molar-refractivity contribution in [3.05, 3.63) is 58.0 Å². The van der Waals surface area contributed by atoms with E-state index >= 15 is 0 Å². The van der Waals surface area contributed by atoms with Crippen molar-refractivity contribution in [1.82, 2.24) is 14.4 Å². The Kier molecular flexibility index (Phi) is 9.47. The first-order chi connectivity index (χ1) is 20.6. The standard InChI is InChI=1S/C35H49N3O5/c1-25(18-26-10-5-4-6-11-26)32(41)37-17-16-35(43,34(23-37)14-7-8-15-34)24-38-21-30(33(42)36(2)3)29(20-31(38)40)28-13-9-12-27(19-28)22-39/h9,12-13,19-21,25-26,39,43H,4-8,10-11,14-18,22-24H2,1-3H3. The summed E-state index contributed by atoms with van der Waals surface area (Å²) >= 11 is 0. The smallest absolute Gasteiger partial charge is 0.255 e. The van der Waals surface area contributed by atoms with E-state index < -0.39 is 11.0 Å². The van der Waals surface area contributed by atoms with Crippen LogP contribution < -0.4 is 5.56 Å². The highest BCUT2D eigenvalue weighted by Crippen LogP contribution is 2.52. The highest BCUT2D eigenvalue weighted by Gasteiger charge is 2.55. The maximum Gasteiger partial charge on any atom is 0.255 e. The zero-order valence-electron chi connectivity index (χ0n) is 26.2. The summed E-state index contributed by atoms with van der Waals surface area (Å²) in [6.07, 6.45) is 12.8. The van der Waals surface area contributed by atoms with Gasteiger partial charge in [0.2, 0.25) is 5.91 Å². The van der Waals surface area contributed by atoms with Crippen LogP contribution in [0.1, 0.15) is 93.5 Å². The molecule has 8 nitrogen and oxygen atoms in total. The third-order valence-electron chi connectivity index (χ3n) is 10.6. The summed E-state index contributed by atoms with van der Waals surface area (Å²) in [6, 6.07) is 8.68. The van der Waals surface area contributed by atoms with Gasteiger partial charge < -0.3 is 24.6 Å². The maximum absolute atomic E-state index is 13.7. The molecular weight excluding hydrogens is 542 g/mol. The predicted molar refractivity (Wildman–Crippen MR) is 167 cm³/mol. The Balaban J connectivity index is 1.42. The van der Waals surface area contributed by atoms with E-state index in [1.165, 1.54) is 47.6 Å². The second-order valence-electron chi connectivity index (χ2n) is 13.8. The lowest BCUT2D eigenvalue weighted by atomic mass is 9.65. The minimum Gasteiger partial charge on any atom is -0.392 e. The van der Waals surface area contributed by atoms with Gasteiger partial charge in [-0.25, -0.2) is 0 Å². The van der Waals surface area contributed by atoms with Crippen LogP contribution in [-0.2, 0) is 17.9 Å². The monoisotopic (exact) mass is 591 g/mol. The molecule has 5 rings (SSSR count). The van der Waals surface area contributed by atoms with Crippen molar-refractivity contribution in [2.45, 2.75) is 96.3 Å². The van der Waals surface area contributed by atoms with E-state index in [2.05, 4.69) is 6.92 Å². The molecular formula is C35H49N3O5. The van der Waals surface area contributed by atoms with Gasteiger partial charge in [0.1, 0.15) is 0 Å². The molecule has 3 fully saturated rings. The van der Waals surface area contributed by atoms with Crippen LogP contribution in [0.4, 0.5) is 0 Å². The summed E-state index contributed by atoms with van der Waals surface area (Å²) in [7, 11) is 3.35. The fraction of sp³-hybridized carbons (Fsp3) is 0.629. The molecule has 2 heterocycles. The molecule has 2 saturated carbocycles. The molecule has 2 aliphatic carbocycles.